The van der Waals surface area contributed by atoms with Crippen LogP contribution in [-0.2, 0) is 51.7 Å². The SMILES string of the molecule is C.CC(C)(CO)CO.CC1(C)COC2(CC[C@H]3[C@@H]4CC[C@H]5C=CCC[C@]5(C)[C@H]4CC[C@@]32C)OC1.CC1(C)COC2(CC[C@H]3[C@@H]4CC[C@H]5CC=CC[C@]5(C)[C@H]4CC[C@@]32C)OC1.CC1(C)COC2(CC[C@H]3[C@@H]4CC[C@H]5C[C@@H](O)CC[C@]5(C)[C@H]4CC[C@@]32C)OC1.C[C@H]1CC[C@@]2(C)[C@@H](CC[C@@H]3[C@@H]2CC[C@@]2(C)[C@H]3CCC23OCC(C)(C)CO3)C1.C[C@]12CC[C@H](O)C[C@@H]1CC[C@@H]1[C@@H]2CC[C@]2(C)C(=O)CC[C@@H]12.Cc1ccc(S(=O)(=O)Cl)cc1. The second kappa shape index (κ2) is 41.1. The van der Waals surface area contributed by atoms with Crippen molar-refractivity contribution in [3.8, 4) is 0 Å². The van der Waals surface area contributed by atoms with Crippen LogP contribution in [0.15, 0.2) is 53.5 Å². The van der Waals surface area contributed by atoms with Crippen molar-refractivity contribution < 1.29 is 71.5 Å². The molecule has 15 nitrogen and oxygen atoms in total. The van der Waals surface area contributed by atoms with Gasteiger partial charge in [-0.1, -0.05) is 201 Å². The summed E-state index contributed by atoms with van der Waals surface area (Å²) in [5, 5.41) is 37.1. The third-order valence-corrected chi connectivity index (χ3v) is 51.6. The zero-order chi connectivity index (χ0) is 104. The summed E-state index contributed by atoms with van der Waals surface area (Å²) in [6, 6.07) is 6.37. The molecule has 1 aromatic rings. The molecule has 4 spiro atoms. The lowest BCUT2D eigenvalue weighted by Gasteiger charge is -2.62. The van der Waals surface area contributed by atoms with Crippen molar-refractivity contribution in [2.24, 2.45) is 206 Å². The van der Waals surface area contributed by atoms with Gasteiger partial charge in [0.1, 0.15) is 5.78 Å². The van der Waals surface area contributed by atoms with Crippen molar-refractivity contribution in [3.63, 3.8) is 0 Å². The first kappa shape index (κ1) is 114. The molecular formula is C129H211ClO15S. The number of carbonyl (C=O) groups is 1. The fraction of sp³-hybridized carbons (Fsp3) is 0.915. The van der Waals surface area contributed by atoms with Gasteiger partial charge in [-0.2, -0.15) is 0 Å². The molecule has 4 heterocycles. The van der Waals surface area contributed by atoms with Gasteiger partial charge >= 0.3 is 0 Å². The van der Waals surface area contributed by atoms with Crippen LogP contribution in [0.4, 0.5) is 0 Å². The molecule has 4 N–H and O–H groups in total. The second-order valence-electron chi connectivity index (χ2n) is 61.4. The van der Waals surface area contributed by atoms with Crippen molar-refractivity contribution in [2.45, 2.75) is 476 Å². The van der Waals surface area contributed by atoms with Crippen molar-refractivity contribution >= 4 is 25.5 Å². The number of rotatable bonds is 3. The summed E-state index contributed by atoms with van der Waals surface area (Å²) in [7, 11) is 1.54. The molecule has 33 atom stereocenters. The first-order valence-electron chi connectivity index (χ1n) is 60.6. The summed E-state index contributed by atoms with van der Waals surface area (Å²) in [5.74, 6) is 17.1. The standard InChI is InChI=1S/C25H42O2.C24H40O3.2C24H38O2.C19H30O2.C7H7ClO2S.C5H12O2.CH4/c1-17-8-11-23(4)18(14-17)6-7-19-20(23)9-12-24(5)21(19)10-13-25(24)26-15-22(2,3)16-27-25;1-21(2)14-26-24(27-15-21)12-9-20-18-6-5-16-13-17(25)7-10-22(16,3)19(18)8-11-23(20,24)4;2*1-21(2)15-25-24(26-16-21)14-11-20-18-9-8-17-7-5-6-12-22(17,3)19(18)10-13-23(20,24)4;1-18-9-7-13(20)11-12(18)3-4-14-15-5-6-17(21)19(15,2)10-8-16(14)18;1-6-2-4-7(5-3-6)11(8,9)10;1-5(2,3-6)4-7;/h17-21H,6-16H2,1-5H3;16-20,25H,5-15H2,1-4H3;5,7,17-20H,6,8-16H2,1-4H3;5-6,17-20H,7-16H2,1-4H3;12-16,20H,3-11H2,1-2H3;2-5H,1H3;6-7H,3-4H2,1-2H3;1H4/t17-,18-,19+,20-,21-,23-,24-;16-,17-,18+,19-,20-,22-,23-;2*17-,18-,19+,20+,22+,23+;12-,13-,14-,15-,16-,18-,19-;;;/m00110.../s1. The van der Waals surface area contributed by atoms with E-state index in [-0.39, 0.29) is 115 Å². The third-order valence-electron chi connectivity index (χ3n) is 50.2. The molecular weight excluding hydrogens is 1860 g/mol. The monoisotopic (exact) mass is 2070 g/mol. The number of allylic oxidation sites excluding steroid dienone is 4. The largest absolute Gasteiger partial charge is 0.396 e. The Kier molecular flexibility index (Phi) is 32.0. The first-order chi connectivity index (χ1) is 68.1. The average Bonchev–Trinajstić information content (AvgIpc) is 1.53. The topological polar surface area (TPSA) is 206 Å². The molecule has 0 amide bonds. The van der Waals surface area contributed by atoms with Gasteiger partial charge < -0.3 is 58.3 Å². The minimum absolute atomic E-state index is 0. The zero-order valence-corrected chi connectivity index (χ0v) is 97.0. The molecule has 24 aliphatic rings. The smallest absolute Gasteiger partial charge is 0.261 e. The van der Waals surface area contributed by atoms with Gasteiger partial charge in [-0.3, -0.25) is 4.79 Å². The van der Waals surface area contributed by atoms with Gasteiger partial charge in [0, 0.05) is 96.9 Å². The van der Waals surface area contributed by atoms with Gasteiger partial charge in [0.2, 0.25) is 0 Å². The highest BCUT2D eigenvalue weighted by molar-refractivity contribution is 8.13. The molecule has 0 bridgehead atoms. The Hall–Kier alpha value is -1.87. The zero-order valence-electron chi connectivity index (χ0n) is 95.4. The van der Waals surface area contributed by atoms with Crippen LogP contribution in [0.1, 0.15) is 434 Å². The van der Waals surface area contributed by atoms with E-state index in [0.29, 0.717) is 38.8 Å². The van der Waals surface area contributed by atoms with Crippen molar-refractivity contribution in [1.82, 2.24) is 0 Å². The lowest BCUT2D eigenvalue weighted by Crippen LogP contribution is -2.60. The van der Waals surface area contributed by atoms with E-state index in [1.165, 1.54) is 218 Å². The minimum atomic E-state index is -3.55. The highest BCUT2D eigenvalue weighted by Crippen LogP contribution is 2.77. The maximum absolute atomic E-state index is 12.4. The van der Waals surface area contributed by atoms with Gasteiger partial charge in [0.05, 0.1) is 83.2 Å². The second-order valence-corrected chi connectivity index (χ2v) is 64.0. The van der Waals surface area contributed by atoms with E-state index in [2.05, 4.69) is 156 Å². The maximum atomic E-state index is 12.4. The number of aliphatic hydroxyl groups is 4. The quantitative estimate of drug-likeness (QED) is 0.164. The number of ketones is 1. The highest BCUT2D eigenvalue weighted by Gasteiger charge is 2.74. The predicted octanol–water partition coefficient (Wildman–Crippen LogP) is 30.0. The number of hydrogen-bond acceptors (Lipinski definition) is 15. The number of Topliss-reactive ketones (excluding diaryl/α,β-unsaturated/α-hetero) is 1. The Bertz CT molecular complexity index is 4640. The third kappa shape index (κ3) is 19.8. The van der Waals surface area contributed by atoms with Crippen LogP contribution in [0.3, 0.4) is 0 Å². The summed E-state index contributed by atoms with van der Waals surface area (Å²) in [6.45, 7) is 58.4. The van der Waals surface area contributed by atoms with Crippen LogP contribution in [-0.4, -0.2) is 136 Å². The summed E-state index contributed by atoms with van der Waals surface area (Å²) in [4.78, 5) is 12.5. The summed E-state index contributed by atoms with van der Waals surface area (Å²) >= 11 is 0. The molecule has 22 fully saturated rings. The number of halogens is 1. The fourth-order valence-corrected chi connectivity index (χ4v) is 41.5. The number of carbonyl (C=O) groups excluding carboxylic acids is 1. The van der Waals surface area contributed by atoms with Crippen LogP contribution >= 0.6 is 10.7 Å². The highest BCUT2D eigenvalue weighted by atomic mass is 35.7. The summed E-state index contributed by atoms with van der Waals surface area (Å²) < 4.78 is 74.2. The van der Waals surface area contributed by atoms with Gasteiger partial charge in [-0.25, -0.2) is 8.42 Å². The molecule has 17 heteroatoms. The van der Waals surface area contributed by atoms with Gasteiger partial charge in [-0.15, -0.1) is 0 Å². The normalized spacial score (nSPS) is 47.7. The fourth-order valence-electron chi connectivity index (χ4n) is 40.7. The molecule has 146 heavy (non-hydrogen) atoms. The van der Waals surface area contributed by atoms with Crippen molar-refractivity contribution in [1.29, 1.82) is 0 Å². The average molecular weight is 2070 g/mol. The Morgan fingerprint density at radius 1 is 0.356 bits per heavy atom. The van der Waals surface area contributed by atoms with Gasteiger partial charge in [0.15, 0.2) is 23.1 Å². The summed E-state index contributed by atoms with van der Waals surface area (Å²) in [6.07, 6.45) is 64.9. The lowest BCUT2D eigenvalue weighted by atomic mass is 9.44. The number of aryl methyl sites for hydroxylation is 1. The van der Waals surface area contributed by atoms with E-state index >= 15 is 0 Å². The number of aliphatic hydroxyl groups excluding tert-OH is 4. The maximum Gasteiger partial charge on any atom is 0.261 e. The van der Waals surface area contributed by atoms with Gasteiger partial charge in [-0.05, 0) is 408 Å². The van der Waals surface area contributed by atoms with Crippen LogP contribution in [0.25, 0.3) is 0 Å². The van der Waals surface area contributed by atoms with E-state index in [1.807, 2.05) is 6.92 Å². The van der Waals surface area contributed by atoms with E-state index in [1.54, 1.807) is 26.0 Å². The molecule has 1 aromatic carbocycles. The first-order valence-corrected chi connectivity index (χ1v) is 62.9. The Labute approximate surface area is 893 Å². The van der Waals surface area contributed by atoms with Gasteiger partial charge in [0.25, 0.3) is 9.05 Å². The molecule has 0 radical (unpaired) electrons. The predicted molar refractivity (Wildman–Crippen MR) is 586 cm³/mol. The summed E-state index contributed by atoms with van der Waals surface area (Å²) in [5.41, 5.74) is 4.81. The Morgan fingerprint density at radius 2 is 0.685 bits per heavy atom. The number of benzene rings is 1. The Balaban J connectivity index is 0.000000115. The van der Waals surface area contributed by atoms with Crippen LogP contribution in [0, 0.1) is 212 Å². The minimum Gasteiger partial charge on any atom is -0.396 e. The molecule has 0 aromatic heterocycles. The lowest BCUT2D eigenvalue weighted by molar-refractivity contribution is -0.348. The van der Waals surface area contributed by atoms with E-state index < -0.39 is 9.05 Å². The molecule has 4 saturated heterocycles. The molecule has 25 rings (SSSR count). The number of fused-ring (bicyclic) bond motifs is 29. The van der Waals surface area contributed by atoms with Crippen LogP contribution < -0.4 is 0 Å². The van der Waals surface area contributed by atoms with Crippen LogP contribution in [0.2, 0.25) is 0 Å². The van der Waals surface area contributed by atoms with Crippen LogP contribution in [0.5, 0.6) is 0 Å². The molecule has 20 aliphatic carbocycles. The van der Waals surface area contributed by atoms with E-state index in [9.17, 15) is 23.4 Å². The number of hydrogen-bond donors (Lipinski definition) is 4. The number of ether oxygens (including phenoxy) is 8. The molecule has 830 valence electrons. The molecule has 0 unspecified atom stereocenters. The Morgan fingerprint density at radius 3 is 1.05 bits per heavy atom. The molecule has 18 saturated carbocycles. The van der Waals surface area contributed by atoms with E-state index in [0.717, 1.165) is 247 Å². The van der Waals surface area contributed by atoms with Crippen molar-refractivity contribution in [3.05, 3.63) is 54.1 Å². The molecule has 4 aliphatic heterocycles. The van der Waals surface area contributed by atoms with Crippen molar-refractivity contribution in [2.75, 3.05) is 66.1 Å². The van der Waals surface area contributed by atoms with E-state index in [4.69, 9.17) is 58.8 Å².